The average Bonchev–Trinajstić information content (AvgIpc) is 2.64. The number of nitrogens with one attached hydrogen (secondary N) is 4. The largest absolute Gasteiger partial charge is 0.480 e. The second-order valence-corrected chi connectivity index (χ2v) is 8.12. The summed E-state index contributed by atoms with van der Waals surface area (Å²) in [6, 6.07) is -1.38. The molecule has 0 aromatic heterocycles. The molecule has 173 valence electrons. The summed E-state index contributed by atoms with van der Waals surface area (Å²) in [5, 5.41) is 30.3. The van der Waals surface area contributed by atoms with Crippen LogP contribution in [0.1, 0.15) is 39.5 Å². The summed E-state index contributed by atoms with van der Waals surface area (Å²) in [5.74, 6) is -1.80. The summed E-state index contributed by atoms with van der Waals surface area (Å²) in [7, 11) is 0. The molecule has 0 fully saturated rings. The van der Waals surface area contributed by atoms with Gasteiger partial charge < -0.3 is 31.5 Å². The molecule has 0 spiro atoms. The molecule has 0 saturated carbocycles. The van der Waals surface area contributed by atoms with E-state index in [1.54, 1.807) is 0 Å². The van der Waals surface area contributed by atoms with Crippen LogP contribution in [0.5, 0.6) is 0 Å². The maximum atomic E-state index is 11.3. The van der Waals surface area contributed by atoms with Crippen molar-refractivity contribution in [2.75, 3.05) is 39.3 Å². The predicted molar refractivity (Wildman–Crippen MR) is 120 cm³/mol. The van der Waals surface area contributed by atoms with Gasteiger partial charge >= 0.3 is 11.9 Å². The van der Waals surface area contributed by atoms with Crippen molar-refractivity contribution in [3.05, 3.63) is 0 Å². The molecule has 1 radical (unpaired) electrons. The third-order valence-corrected chi connectivity index (χ3v) is 5.24. The van der Waals surface area contributed by atoms with Gasteiger partial charge in [-0.25, -0.2) is 0 Å². The third kappa shape index (κ3) is 15.6. The number of carbonyl (C=O) groups is 2. The first-order valence-electron chi connectivity index (χ1n) is 10.0. The van der Waals surface area contributed by atoms with Crippen LogP contribution in [0, 0.1) is 0 Å². The van der Waals surface area contributed by atoms with E-state index in [1.807, 2.05) is 0 Å². The second kappa shape index (κ2) is 20.1. The van der Waals surface area contributed by atoms with Crippen LogP contribution >= 0.6 is 25.3 Å². The van der Waals surface area contributed by atoms with Gasteiger partial charge in [-0.05, 0) is 25.9 Å². The van der Waals surface area contributed by atoms with E-state index in [0.29, 0.717) is 39.3 Å². The minimum atomic E-state index is -0.899. The first-order valence-corrected chi connectivity index (χ1v) is 11.1. The smallest absolute Gasteiger partial charge is 0.321 e. The van der Waals surface area contributed by atoms with Crippen LogP contribution in [0.15, 0.2) is 0 Å². The van der Waals surface area contributed by atoms with Crippen LogP contribution in [0.25, 0.3) is 0 Å². The zero-order valence-electron chi connectivity index (χ0n) is 17.4. The van der Waals surface area contributed by atoms with Gasteiger partial charge in [0, 0.05) is 56.8 Å². The number of rotatable bonds is 19. The van der Waals surface area contributed by atoms with Gasteiger partial charge in [-0.15, -0.1) is 0 Å². The molecule has 0 amide bonds. The minimum Gasteiger partial charge on any atom is -0.480 e. The summed E-state index contributed by atoms with van der Waals surface area (Å²) >= 11 is 8.80. The fourth-order valence-corrected chi connectivity index (χ4v) is 3.28. The summed E-state index contributed by atoms with van der Waals surface area (Å²) in [6.07, 6.45) is 3.86. The molecular weight excluding hydrogens is 499 g/mol. The number of carboxylic acids is 2. The van der Waals surface area contributed by atoms with Gasteiger partial charge in [-0.1, -0.05) is 26.7 Å². The van der Waals surface area contributed by atoms with E-state index >= 15 is 0 Å². The Balaban J connectivity index is 0. The number of hydrogen-bond acceptors (Lipinski definition) is 8. The maximum absolute atomic E-state index is 11.3. The molecule has 0 aliphatic rings. The molecule has 0 rings (SSSR count). The first kappa shape index (κ1) is 31.3. The summed E-state index contributed by atoms with van der Waals surface area (Å²) in [4.78, 5) is 22.7. The Labute approximate surface area is 199 Å². The average molecular weight is 538 g/mol. The molecule has 29 heavy (non-hydrogen) atoms. The minimum absolute atomic E-state index is 0. The van der Waals surface area contributed by atoms with Gasteiger partial charge in [0.1, 0.15) is 12.1 Å². The van der Waals surface area contributed by atoms with Gasteiger partial charge in [0.15, 0.2) is 0 Å². The maximum Gasteiger partial charge on any atom is 0.321 e. The van der Waals surface area contributed by atoms with E-state index in [9.17, 15) is 19.8 Å². The fraction of sp³-hybridized carbons (Fsp3) is 0.889. The molecule has 0 bridgehead atoms. The normalized spacial score (nSPS) is 15.2. The van der Waals surface area contributed by atoms with E-state index in [-0.39, 0.29) is 30.6 Å². The quantitative estimate of drug-likeness (QED) is 0.0883. The van der Waals surface area contributed by atoms with Crippen molar-refractivity contribution in [3.63, 3.8) is 0 Å². The van der Waals surface area contributed by atoms with E-state index < -0.39 is 24.0 Å². The Bertz CT molecular complexity index is 401. The SMILES string of the molecule is CCCCNC(C(=O)O)C(S)CNCCNCC(S)C(NCCCC)C(=O)O.[99Tc]. The Morgan fingerprint density at radius 2 is 1.10 bits per heavy atom. The van der Waals surface area contributed by atoms with Crippen molar-refractivity contribution in [1.82, 2.24) is 21.3 Å². The van der Waals surface area contributed by atoms with E-state index in [4.69, 9.17) is 0 Å². The van der Waals surface area contributed by atoms with Gasteiger partial charge in [-0.3, -0.25) is 9.59 Å². The standard InChI is InChI=1S/C18H38N4O4S2.Tc/c1-3-5-7-21-15(17(23)24)13(27)11-19-9-10-20-12-14(28)16(18(25)26)22-8-6-4-2;/h13-16,19-22,27-28H,3-12H2,1-2H3,(H,23,24)(H,25,26);/i;1+1. The van der Waals surface area contributed by atoms with Crippen LogP contribution in [0.2, 0.25) is 0 Å². The summed E-state index contributed by atoms with van der Waals surface area (Å²) in [5.41, 5.74) is 0. The molecule has 0 saturated heterocycles. The monoisotopic (exact) mass is 537 g/mol. The van der Waals surface area contributed by atoms with Crippen LogP contribution in [0.4, 0.5) is 0 Å². The third-order valence-electron chi connectivity index (χ3n) is 4.28. The summed E-state index contributed by atoms with van der Waals surface area (Å²) < 4.78 is 0. The first-order chi connectivity index (χ1) is 13.3. The molecule has 4 atom stereocenters. The number of hydrogen-bond donors (Lipinski definition) is 8. The van der Waals surface area contributed by atoms with Crippen molar-refractivity contribution in [2.45, 2.75) is 62.1 Å². The summed E-state index contributed by atoms with van der Waals surface area (Å²) in [6.45, 7) is 7.60. The van der Waals surface area contributed by atoms with Crippen LogP contribution < -0.4 is 21.3 Å². The number of aliphatic carboxylic acids is 2. The Morgan fingerprint density at radius 1 is 0.759 bits per heavy atom. The molecule has 11 heteroatoms. The predicted octanol–water partition coefficient (Wildman–Crippen LogP) is 0.446. The van der Waals surface area contributed by atoms with Crippen molar-refractivity contribution < 1.29 is 39.9 Å². The van der Waals surface area contributed by atoms with Crippen LogP contribution in [-0.4, -0.2) is 84.0 Å². The number of unbranched alkanes of at least 4 members (excludes halogenated alkanes) is 2. The number of thiol groups is 2. The van der Waals surface area contributed by atoms with E-state index in [1.165, 1.54) is 0 Å². The van der Waals surface area contributed by atoms with Crippen LogP contribution in [0.3, 0.4) is 0 Å². The van der Waals surface area contributed by atoms with Gasteiger partial charge in [0.2, 0.25) is 0 Å². The van der Waals surface area contributed by atoms with Gasteiger partial charge in [0.25, 0.3) is 0 Å². The second-order valence-electron chi connectivity index (χ2n) is 6.79. The van der Waals surface area contributed by atoms with Crippen molar-refractivity contribution >= 4 is 37.2 Å². The Morgan fingerprint density at radius 3 is 1.38 bits per heavy atom. The van der Waals surface area contributed by atoms with Crippen molar-refractivity contribution in [3.8, 4) is 0 Å². The Hall–Kier alpha value is 0.129. The molecule has 0 aliphatic heterocycles. The molecule has 0 aromatic rings. The molecule has 0 heterocycles. The van der Waals surface area contributed by atoms with E-state index in [2.05, 4.69) is 60.4 Å². The molecule has 8 nitrogen and oxygen atoms in total. The molecule has 4 unspecified atom stereocenters. The molecule has 0 aliphatic carbocycles. The molecular formula is C18H38N4O4S2Tc. The van der Waals surface area contributed by atoms with Crippen molar-refractivity contribution in [2.24, 2.45) is 0 Å². The fourth-order valence-electron chi connectivity index (χ4n) is 2.56. The van der Waals surface area contributed by atoms with Gasteiger partial charge in [-0.2, -0.15) is 25.3 Å². The van der Waals surface area contributed by atoms with Crippen molar-refractivity contribution in [1.29, 1.82) is 0 Å². The topological polar surface area (TPSA) is 123 Å². The Kier molecular flexibility index (Phi) is 21.7. The zero-order valence-corrected chi connectivity index (χ0v) is 21.0. The zero-order chi connectivity index (χ0) is 21.4. The van der Waals surface area contributed by atoms with Gasteiger partial charge in [0.05, 0.1) is 0 Å². The van der Waals surface area contributed by atoms with E-state index in [0.717, 1.165) is 25.7 Å². The number of carboxylic acid groups (broad SMARTS) is 2. The molecule has 0 aromatic carbocycles. The molecule has 6 N–H and O–H groups in total. The van der Waals surface area contributed by atoms with Crippen LogP contribution in [-0.2, 0) is 29.7 Å².